The van der Waals surface area contributed by atoms with Crippen LogP contribution < -0.4 is 10.6 Å². The fourth-order valence-electron chi connectivity index (χ4n) is 1.54. The summed E-state index contributed by atoms with van der Waals surface area (Å²) in [6.45, 7) is 2.80. The van der Waals surface area contributed by atoms with Crippen molar-refractivity contribution in [3.05, 3.63) is 22.3 Å². The molecule has 0 aromatic carbocycles. The number of likely N-dealkylation sites (N-methyl/N-ethyl adjacent to an activating group) is 1. The van der Waals surface area contributed by atoms with E-state index in [9.17, 15) is 9.59 Å². The number of aromatic nitrogens is 1. The Hall–Kier alpha value is -1.37. The van der Waals surface area contributed by atoms with Crippen molar-refractivity contribution in [1.29, 1.82) is 0 Å². The van der Waals surface area contributed by atoms with Crippen molar-refractivity contribution in [1.82, 2.24) is 15.2 Å². The van der Waals surface area contributed by atoms with E-state index in [1.54, 1.807) is 11.9 Å². The fraction of sp³-hybridized carbons (Fsp3) is 0.462. The summed E-state index contributed by atoms with van der Waals surface area (Å²) in [5.41, 5.74) is 0. The molecule has 8 heteroatoms. The van der Waals surface area contributed by atoms with Gasteiger partial charge in [-0.2, -0.15) is 0 Å². The average Bonchev–Trinajstić information content (AvgIpc) is 2.39. The molecule has 0 aliphatic heterocycles. The summed E-state index contributed by atoms with van der Waals surface area (Å²) in [6.07, 6.45) is 2.27. The van der Waals surface area contributed by atoms with Gasteiger partial charge in [-0.15, -0.1) is 0 Å². The zero-order valence-corrected chi connectivity index (χ0v) is 13.5. The first kappa shape index (κ1) is 17.7. The third kappa shape index (κ3) is 6.75. The van der Waals surface area contributed by atoms with Crippen molar-refractivity contribution in [2.75, 3.05) is 32.0 Å². The van der Waals surface area contributed by atoms with Gasteiger partial charge in [0, 0.05) is 12.7 Å². The summed E-state index contributed by atoms with van der Waals surface area (Å²) in [6, 6.07) is 1.49. The number of hydrogen-bond donors (Lipinski definition) is 2. The van der Waals surface area contributed by atoms with Gasteiger partial charge in [0.25, 0.3) is 0 Å². The highest BCUT2D eigenvalue weighted by Crippen LogP contribution is 2.22. The van der Waals surface area contributed by atoms with E-state index in [2.05, 4.69) is 15.6 Å². The van der Waals surface area contributed by atoms with Gasteiger partial charge in [-0.3, -0.25) is 14.5 Å². The lowest BCUT2D eigenvalue weighted by Gasteiger charge is -2.15. The minimum Gasteiger partial charge on any atom is -0.355 e. The molecule has 0 aliphatic carbocycles. The number of carbonyl (C=O) groups excluding carboxylic acids is 2. The molecule has 0 radical (unpaired) electrons. The summed E-state index contributed by atoms with van der Waals surface area (Å²) in [5.74, 6) is -0.179. The Kier molecular flexibility index (Phi) is 7.42. The summed E-state index contributed by atoms with van der Waals surface area (Å²) < 4.78 is 0. The van der Waals surface area contributed by atoms with Crippen LogP contribution in [0.15, 0.2) is 12.3 Å². The number of pyridine rings is 1. The molecule has 1 aromatic rings. The van der Waals surface area contributed by atoms with Gasteiger partial charge < -0.3 is 10.6 Å². The monoisotopic (exact) mass is 332 g/mol. The minimum atomic E-state index is -0.308. The number of nitrogens with zero attached hydrogens (tertiary/aromatic N) is 2. The van der Waals surface area contributed by atoms with Gasteiger partial charge in [0.15, 0.2) is 5.82 Å². The van der Waals surface area contributed by atoms with Crippen LogP contribution in [0.1, 0.15) is 13.3 Å². The molecule has 1 aromatic heterocycles. The van der Waals surface area contributed by atoms with Gasteiger partial charge >= 0.3 is 0 Å². The van der Waals surface area contributed by atoms with Gasteiger partial charge in [0.1, 0.15) is 0 Å². The smallest absolute Gasteiger partial charge is 0.239 e. The number of anilines is 1. The van der Waals surface area contributed by atoms with E-state index in [0.717, 1.165) is 6.42 Å². The maximum absolute atomic E-state index is 11.8. The van der Waals surface area contributed by atoms with E-state index in [0.29, 0.717) is 11.6 Å². The molecule has 2 N–H and O–H groups in total. The second-order valence-corrected chi connectivity index (χ2v) is 5.40. The molecule has 116 valence electrons. The van der Waals surface area contributed by atoms with E-state index in [1.807, 2.05) is 6.92 Å². The summed E-state index contributed by atoms with van der Waals surface area (Å²) >= 11 is 11.6. The van der Waals surface area contributed by atoms with Crippen LogP contribution in [0.5, 0.6) is 0 Å². The van der Waals surface area contributed by atoms with Crippen LogP contribution in [0.3, 0.4) is 0 Å². The molecule has 21 heavy (non-hydrogen) atoms. The van der Waals surface area contributed by atoms with Gasteiger partial charge in [-0.1, -0.05) is 30.1 Å². The summed E-state index contributed by atoms with van der Waals surface area (Å²) in [5, 5.41) is 5.97. The van der Waals surface area contributed by atoms with Crippen LogP contribution in [0, 0.1) is 0 Å². The van der Waals surface area contributed by atoms with Crippen molar-refractivity contribution in [3.8, 4) is 0 Å². The van der Waals surface area contributed by atoms with Crippen molar-refractivity contribution in [2.45, 2.75) is 13.3 Å². The highest BCUT2D eigenvalue weighted by atomic mass is 35.5. The largest absolute Gasteiger partial charge is 0.355 e. The topological polar surface area (TPSA) is 74.3 Å². The lowest BCUT2D eigenvalue weighted by atomic mass is 10.4. The number of amides is 2. The summed E-state index contributed by atoms with van der Waals surface area (Å²) in [7, 11) is 1.68. The lowest BCUT2D eigenvalue weighted by Crippen LogP contribution is -2.39. The molecule has 6 nitrogen and oxygen atoms in total. The van der Waals surface area contributed by atoms with Crippen molar-refractivity contribution in [3.63, 3.8) is 0 Å². The molecule has 0 saturated carbocycles. The van der Waals surface area contributed by atoms with Crippen LogP contribution in [0.2, 0.25) is 10.0 Å². The van der Waals surface area contributed by atoms with Gasteiger partial charge in [-0.25, -0.2) is 4.98 Å². The first-order valence-corrected chi connectivity index (χ1v) is 7.24. The van der Waals surface area contributed by atoms with E-state index >= 15 is 0 Å². The standard InChI is InChI=1S/C13H18Cl2N4O2/c1-3-4-16-11(20)7-19(2)8-12(21)18-13-10(15)5-9(14)6-17-13/h5-6H,3-4,7-8H2,1-2H3,(H,16,20)(H,17,18,21). The zero-order valence-electron chi connectivity index (χ0n) is 11.9. The zero-order chi connectivity index (χ0) is 15.8. The molecule has 0 bridgehead atoms. The van der Waals surface area contributed by atoms with Gasteiger partial charge in [0.05, 0.1) is 23.1 Å². The van der Waals surface area contributed by atoms with E-state index in [4.69, 9.17) is 23.2 Å². The number of nitrogens with one attached hydrogen (secondary N) is 2. The molecule has 0 fully saturated rings. The van der Waals surface area contributed by atoms with Crippen LogP contribution in [-0.4, -0.2) is 48.4 Å². The number of halogens is 2. The van der Waals surface area contributed by atoms with Crippen LogP contribution in [0.4, 0.5) is 5.82 Å². The minimum absolute atomic E-state index is 0.0557. The maximum Gasteiger partial charge on any atom is 0.239 e. The quantitative estimate of drug-likeness (QED) is 0.798. The highest BCUT2D eigenvalue weighted by Gasteiger charge is 2.12. The Labute approximate surface area is 133 Å². The third-order valence-corrected chi connectivity index (χ3v) is 2.96. The molecule has 0 atom stereocenters. The van der Waals surface area contributed by atoms with Gasteiger partial charge in [-0.05, 0) is 19.5 Å². The van der Waals surface area contributed by atoms with Crippen molar-refractivity contribution >= 4 is 40.8 Å². The molecular weight excluding hydrogens is 315 g/mol. The Morgan fingerprint density at radius 2 is 1.95 bits per heavy atom. The second kappa shape index (κ2) is 8.81. The first-order valence-electron chi connectivity index (χ1n) is 6.48. The predicted molar refractivity (Wildman–Crippen MR) is 83.7 cm³/mol. The molecule has 0 spiro atoms. The van der Waals surface area contributed by atoms with Crippen molar-refractivity contribution in [2.24, 2.45) is 0 Å². The molecule has 1 rings (SSSR count). The number of rotatable bonds is 7. The first-order chi connectivity index (χ1) is 9.92. The molecular formula is C13H18Cl2N4O2. The number of hydrogen-bond acceptors (Lipinski definition) is 4. The van der Waals surface area contributed by atoms with E-state index in [1.165, 1.54) is 12.3 Å². The van der Waals surface area contributed by atoms with Crippen LogP contribution in [-0.2, 0) is 9.59 Å². The Balaban J connectivity index is 2.44. The second-order valence-electron chi connectivity index (χ2n) is 4.55. The Bertz CT molecular complexity index is 511. The van der Waals surface area contributed by atoms with E-state index in [-0.39, 0.29) is 35.7 Å². The molecule has 0 unspecified atom stereocenters. The molecule has 2 amide bonds. The molecule has 0 aliphatic rings. The third-order valence-electron chi connectivity index (χ3n) is 2.46. The van der Waals surface area contributed by atoms with Gasteiger partial charge in [0.2, 0.25) is 11.8 Å². The highest BCUT2D eigenvalue weighted by molar-refractivity contribution is 6.36. The van der Waals surface area contributed by atoms with Crippen molar-refractivity contribution < 1.29 is 9.59 Å². The molecule has 0 saturated heterocycles. The maximum atomic E-state index is 11.8. The normalized spacial score (nSPS) is 10.5. The SMILES string of the molecule is CCCNC(=O)CN(C)CC(=O)Nc1ncc(Cl)cc1Cl. The van der Waals surface area contributed by atoms with E-state index < -0.39 is 0 Å². The lowest BCUT2D eigenvalue weighted by molar-refractivity contribution is -0.122. The summed E-state index contributed by atoms with van der Waals surface area (Å²) in [4.78, 5) is 28.9. The molecule has 1 heterocycles. The Morgan fingerprint density at radius 1 is 1.29 bits per heavy atom. The predicted octanol–water partition coefficient (Wildman–Crippen LogP) is 1.78. The fourth-order valence-corrected chi connectivity index (χ4v) is 1.97. The Morgan fingerprint density at radius 3 is 2.57 bits per heavy atom. The average molecular weight is 333 g/mol. The van der Waals surface area contributed by atoms with Crippen LogP contribution >= 0.6 is 23.2 Å². The number of carbonyl (C=O) groups is 2. The van der Waals surface area contributed by atoms with Crippen LogP contribution in [0.25, 0.3) is 0 Å².